The quantitative estimate of drug-likeness (QED) is 0.371. The van der Waals surface area contributed by atoms with Crippen LogP contribution in [0.5, 0.6) is 0 Å². The van der Waals surface area contributed by atoms with E-state index in [0.717, 1.165) is 34.8 Å². The molecule has 3 heterocycles. The van der Waals surface area contributed by atoms with Gasteiger partial charge in [-0.3, -0.25) is 0 Å². The van der Waals surface area contributed by atoms with Gasteiger partial charge in [-0.15, -0.1) is 0 Å². The Hall–Kier alpha value is -3.74. The zero-order valence-corrected chi connectivity index (χ0v) is 20.6. The summed E-state index contributed by atoms with van der Waals surface area (Å²) in [5.74, 6) is -0.361. The summed E-state index contributed by atoms with van der Waals surface area (Å²) in [6.07, 6.45) is 5.39. The molecule has 1 aliphatic rings. The van der Waals surface area contributed by atoms with E-state index in [0.29, 0.717) is 18.7 Å². The third kappa shape index (κ3) is 4.05. The van der Waals surface area contributed by atoms with Crippen molar-refractivity contribution < 1.29 is 19.1 Å². The maximum atomic E-state index is 12.8. The van der Waals surface area contributed by atoms with E-state index in [1.807, 2.05) is 49.9 Å². The second-order valence-corrected chi connectivity index (χ2v) is 10.3. The second kappa shape index (κ2) is 8.48. The van der Waals surface area contributed by atoms with Crippen LogP contribution in [0.4, 0.5) is 4.79 Å². The highest BCUT2D eigenvalue weighted by Gasteiger charge is 2.42. The molecule has 7 nitrogen and oxygen atoms in total. The molecule has 5 rings (SSSR count). The lowest BCUT2D eigenvalue weighted by atomic mass is 9.68. The van der Waals surface area contributed by atoms with Crippen molar-refractivity contribution in [3.8, 4) is 0 Å². The molecule has 1 fully saturated rings. The molecule has 0 saturated carbocycles. The normalized spacial score (nSPS) is 15.9. The van der Waals surface area contributed by atoms with Crippen LogP contribution < -0.4 is 0 Å². The van der Waals surface area contributed by atoms with E-state index in [2.05, 4.69) is 40.6 Å². The van der Waals surface area contributed by atoms with Crippen LogP contribution in [0.25, 0.3) is 21.8 Å². The molecule has 0 aliphatic carbocycles. The first-order chi connectivity index (χ1) is 16.7. The molecule has 1 amide bonds. The fourth-order valence-electron chi connectivity index (χ4n) is 5.32. The highest BCUT2D eigenvalue weighted by atomic mass is 16.6. The van der Waals surface area contributed by atoms with Gasteiger partial charge >= 0.3 is 12.1 Å². The molecule has 35 heavy (non-hydrogen) atoms. The minimum absolute atomic E-state index is 0.272. The second-order valence-electron chi connectivity index (χ2n) is 10.3. The van der Waals surface area contributed by atoms with Crippen LogP contribution in [0, 0.1) is 0 Å². The molecular weight excluding hydrogens is 442 g/mol. The lowest BCUT2D eigenvalue weighted by molar-refractivity contribution is 0.0181. The number of fused-ring (bicyclic) bond motifs is 2. The molecule has 0 atom stereocenters. The number of carbonyl (C=O) groups excluding carboxylic acids is 2. The van der Waals surface area contributed by atoms with E-state index in [1.54, 1.807) is 0 Å². The lowest BCUT2D eigenvalue weighted by Crippen LogP contribution is -2.47. The van der Waals surface area contributed by atoms with Crippen LogP contribution in [-0.2, 0) is 14.9 Å². The summed E-state index contributed by atoms with van der Waals surface area (Å²) in [6.45, 7) is 6.83. The molecule has 2 aromatic carbocycles. The summed E-state index contributed by atoms with van der Waals surface area (Å²) < 4.78 is 10.5. The topological polar surface area (TPSA) is 87.4 Å². The van der Waals surface area contributed by atoms with Crippen molar-refractivity contribution in [2.45, 2.75) is 44.6 Å². The molecule has 2 aromatic heterocycles. The number of hydrogen-bond donors (Lipinski definition) is 2. The molecule has 182 valence electrons. The van der Waals surface area contributed by atoms with Crippen LogP contribution in [0.3, 0.4) is 0 Å². The van der Waals surface area contributed by atoms with Gasteiger partial charge < -0.3 is 24.3 Å². The first-order valence-electron chi connectivity index (χ1n) is 12.0. The molecule has 0 spiro atoms. The standard InChI is InChI=1S/C28H31N3O4/c1-27(2,3)35-26(33)31-13-11-28(12-14-31,21-16-29-23-8-6-5-7-19(21)23)22-17-30-24-15-18(25(32)34-4)9-10-20(22)24/h5-10,15-17,29-30H,11-14H2,1-4H3. The molecule has 0 radical (unpaired) electrons. The van der Waals surface area contributed by atoms with Gasteiger partial charge in [0, 0.05) is 52.7 Å². The third-order valence-corrected chi connectivity index (χ3v) is 6.99. The fraction of sp³-hybridized carbons (Fsp3) is 0.357. The molecule has 7 heteroatoms. The molecule has 0 bridgehead atoms. The highest BCUT2D eigenvalue weighted by Crippen LogP contribution is 2.47. The fourth-order valence-corrected chi connectivity index (χ4v) is 5.32. The van der Waals surface area contributed by atoms with Gasteiger partial charge in [0.2, 0.25) is 0 Å². The molecule has 1 saturated heterocycles. The van der Waals surface area contributed by atoms with Crippen molar-refractivity contribution in [1.29, 1.82) is 0 Å². The minimum atomic E-state index is -0.531. The Morgan fingerprint density at radius 3 is 2.20 bits per heavy atom. The Labute approximate surface area is 204 Å². The summed E-state index contributed by atoms with van der Waals surface area (Å²) in [5, 5.41) is 2.24. The number of aromatic nitrogens is 2. The number of H-pyrrole nitrogens is 2. The zero-order chi connectivity index (χ0) is 24.8. The van der Waals surface area contributed by atoms with Gasteiger partial charge in [0.15, 0.2) is 0 Å². The number of likely N-dealkylation sites (tertiary alicyclic amines) is 1. The molecule has 1 aliphatic heterocycles. The Kier molecular flexibility index (Phi) is 5.58. The first-order valence-corrected chi connectivity index (χ1v) is 12.0. The van der Waals surface area contributed by atoms with Crippen molar-refractivity contribution in [2.75, 3.05) is 20.2 Å². The van der Waals surface area contributed by atoms with Gasteiger partial charge in [-0.2, -0.15) is 0 Å². The summed E-state index contributed by atoms with van der Waals surface area (Å²) in [7, 11) is 1.39. The van der Waals surface area contributed by atoms with E-state index < -0.39 is 5.60 Å². The van der Waals surface area contributed by atoms with E-state index in [1.165, 1.54) is 18.1 Å². The van der Waals surface area contributed by atoms with Gasteiger partial charge in [-0.1, -0.05) is 24.3 Å². The number of aromatic amines is 2. The maximum absolute atomic E-state index is 12.8. The average Bonchev–Trinajstić information content (AvgIpc) is 3.47. The van der Waals surface area contributed by atoms with Crippen LogP contribution in [0.1, 0.15) is 55.1 Å². The predicted octanol–water partition coefficient (Wildman–Crippen LogP) is 5.75. The highest BCUT2D eigenvalue weighted by molar-refractivity contribution is 5.96. The Morgan fingerprint density at radius 1 is 0.914 bits per heavy atom. The average molecular weight is 474 g/mol. The number of amides is 1. The summed E-state index contributed by atoms with van der Waals surface area (Å²) >= 11 is 0. The molecule has 4 aromatic rings. The summed E-state index contributed by atoms with van der Waals surface area (Å²) in [5.41, 5.74) is 4.02. The summed E-state index contributed by atoms with van der Waals surface area (Å²) in [6, 6.07) is 14.0. The largest absolute Gasteiger partial charge is 0.465 e. The number of ether oxygens (including phenoxy) is 2. The molecule has 2 N–H and O–H groups in total. The number of benzene rings is 2. The monoisotopic (exact) mass is 473 g/mol. The van der Waals surface area contributed by atoms with Gasteiger partial charge in [0.05, 0.1) is 12.7 Å². The number of methoxy groups -OCH3 is 1. The maximum Gasteiger partial charge on any atom is 0.410 e. The Morgan fingerprint density at radius 2 is 1.54 bits per heavy atom. The van der Waals surface area contributed by atoms with Crippen LogP contribution in [0.15, 0.2) is 54.9 Å². The number of piperidine rings is 1. The van der Waals surface area contributed by atoms with Crippen LogP contribution >= 0.6 is 0 Å². The van der Waals surface area contributed by atoms with Crippen molar-refractivity contribution >= 4 is 33.9 Å². The van der Waals surface area contributed by atoms with E-state index in [-0.39, 0.29) is 17.5 Å². The van der Waals surface area contributed by atoms with E-state index >= 15 is 0 Å². The van der Waals surface area contributed by atoms with Crippen LogP contribution in [0.2, 0.25) is 0 Å². The predicted molar refractivity (Wildman–Crippen MR) is 136 cm³/mol. The number of nitrogens with zero attached hydrogens (tertiary/aromatic N) is 1. The van der Waals surface area contributed by atoms with Gasteiger partial charge in [0.25, 0.3) is 0 Å². The lowest BCUT2D eigenvalue weighted by Gasteiger charge is -2.42. The minimum Gasteiger partial charge on any atom is -0.465 e. The van der Waals surface area contributed by atoms with Gasteiger partial charge in [-0.05, 0) is 62.9 Å². The van der Waals surface area contributed by atoms with E-state index in [4.69, 9.17) is 9.47 Å². The zero-order valence-electron chi connectivity index (χ0n) is 20.6. The van der Waals surface area contributed by atoms with E-state index in [9.17, 15) is 9.59 Å². The number of nitrogens with one attached hydrogen (secondary N) is 2. The first kappa shape index (κ1) is 23.0. The van der Waals surface area contributed by atoms with Crippen molar-refractivity contribution in [3.63, 3.8) is 0 Å². The number of hydrogen-bond acceptors (Lipinski definition) is 4. The van der Waals surface area contributed by atoms with Crippen molar-refractivity contribution in [2.24, 2.45) is 0 Å². The summed E-state index contributed by atoms with van der Waals surface area (Å²) in [4.78, 5) is 33.5. The smallest absolute Gasteiger partial charge is 0.410 e. The number of esters is 1. The Bertz CT molecular complexity index is 1400. The van der Waals surface area contributed by atoms with Gasteiger partial charge in [0.1, 0.15) is 5.60 Å². The van der Waals surface area contributed by atoms with Gasteiger partial charge in [-0.25, -0.2) is 9.59 Å². The Balaban J connectivity index is 1.59. The van der Waals surface area contributed by atoms with Crippen LogP contribution in [-0.4, -0.2) is 52.7 Å². The SMILES string of the molecule is COC(=O)c1ccc2c(C3(c4c[nH]c5ccccc45)CCN(C(=O)OC(C)(C)C)CC3)c[nH]c2c1. The number of carbonyl (C=O) groups is 2. The number of rotatable bonds is 3. The third-order valence-electron chi connectivity index (χ3n) is 6.99. The molecule has 0 unspecified atom stereocenters. The van der Waals surface area contributed by atoms with Crippen molar-refractivity contribution in [3.05, 3.63) is 71.5 Å². The number of para-hydroxylation sites is 1. The molecular formula is C28H31N3O4. The van der Waals surface area contributed by atoms with Crippen molar-refractivity contribution in [1.82, 2.24) is 14.9 Å².